The van der Waals surface area contributed by atoms with E-state index in [9.17, 15) is 9.90 Å². The molecule has 22 heavy (non-hydrogen) atoms. The highest BCUT2D eigenvalue weighted by Crippen LogP contribution is 2.29. The fraction of sp³-hybridized carbons (Fsp3) is 0.500. The zero-order valence-corrected chi connectivity index (χ0v) is 13.4. The van der Waals surface area contributed by atoms with Crippen LogP contribution in [0.15, 0.2) is 24.3 Å². The molecule has 118 valence electrons. The third-order valence-electron chi connectivity index (χ3n) is 4.69. The van der Waals surface area contributed by atoms with E-state index in [4.69, 9.17) is 0 Å². The first-order chi connectivity index (χ1) is 10.6. The van der Waals surface area contributed by atoms with Crippen molar-refractivity contribution in [1.82, 2.24) is 4.68 Å². The number of piperidine rings is 1. The molecule has 0 aliphatic carbocycles. The van der Waals surface area contributed by atoms with E-state index < -0.39 is 5.97 Å². The monoisotopic (exact) mass is 300 g/mol. The first-order valence-corrected chi connectivity index (χ1v) is 8.24. The van der Waals surface area contributed by atoms with Gasteiger partial charge in [-0.3, -0.25) is 4.68 Å². The van der Waals surface area contributed by atoms with Crippen LogP contribution in [0.25, 0.3) is 10.9 Å². The minimum atomic E-state index is -0.816. The topological polar surface area (TPSA) is 45.5 Å². The average molecular weight is 300 g/mol. The summed E-state index contributed by atoms with van der Waals surface area (Å²) >= 11 is 0. The molecule has 1 aromatic carbocycles. The molecule has 0 bridgehead atoms. The Morgan fingerprint density at radius 1 is 1.27 bits per heavy atom. The summed E-state index contributed by atoms with van der Waals surface area (Å²) in [5.74, 6) is -0.0598. The van der Waals surface area contributed by atoms with E-state index in [0.29, 0.717) is 5.56 Å². The lowest BCUT2D eigenvalue weighted by atomic mass is 10.0. The molecule has 3 rings (SSSR count). The van der Waals surface area contributed by atoms with Crippen molar-refractivity contribution in [3.05, 3.63) is 35.5 Å². The second-order valence-electron chi connectivity index (χ2n) is 6.34. The number of carboxylic acid groups (broad SMARTS) is 1. The quantitative estimate of drug-likeness (QED) is 0.937. The Morgan fingerprint density at radius 2 is 1.95 bits per heavy atom. The van der Waals surface area contributed by atoms with Crippen LogP contribution in [-0.2, 0) is 6.42 Å². The normalized spacial score (nSPS) is 16.4. The maximum Gasteiger partial charge on any atom is 0.338 e. The van der Waals surface area contributed by atoms with Crippen LogP contribution in [0.3, 0.4) is 0 Å². The van der Waals surface area contributed by atoms with E-state index in [0.717, 1.165) is 48.4 Å². The van der Waals surface area contributed by atoms with Gasteiger partial charge in [-0.25, -0.2) is 4.79 Å². The van der Waals surface area contributed by atoms with Gasteiger partial charge in [-0.2, -0.15) is 0 Å². The molecule has 0 spiro atoms. The van der Waals surface area contributed by atoms with Crippen molar-refractivity contribution in [2.24, 2.45) is 5.92 Å². The highest BCUT2D eigenvalue weighted by atomic mass is 16.4. The Kier molecular flexibility index (Phi) is 4.10. The number of aromatic nitrogens is 1. The predicted molar refractivity (Wildman–Crippen MR) is 89.2 cm³/mol. The lowest BCUT2D eigenvalue weighted by Gasteiger charge is -2.35. The number of carboxylic acids is 1. The van der Waals surface area contributed by atoms with Crippen molar-refractivity contribution in [2.45, 2.75) is 39.5 Å². The molecule has 0 unspecified atom stereocenters. The fourth-order valence-electron chi connectivity index (χ4n) is 3.50. The van der Waals surface area contributed by atoms with Crippen LogP contribution in [0, 0.1) is 5.92 Å². The lowest BCUT2D eigenvalue weighted by molar-refractivity contribution is 0.0697. The molecule has 0 saturated carbocycles. The Hall–Kier alpha value is -1.97. The minimum absolute atomic E-state index is 0.482. The molecule has 1 saturated heterocycles. The Labute approximate surface area is 131 Å². The summed E-state index contributed by atoms with van der Waals surface area (Å²) in [5.41, 5.74) is 2.46. The molecule has 1 aliphatic heterocycles. The fourth-order valence-corrected chi connectivity index (χ4v) is 3.50. The second-order valence-corrected chi connectivity index (χ2v) is 6.34. The third kappa shape index (κ3) is 2.47. The molecule has 1 fully saturated rings. The van der Waals surface area contributed by atoms with Gasteiger partial charge in [0.1, 0.15) is 0 Å². The number of nitrogens with zero attached hydrogens (tertiary/aromatic N) is 2. The molecule has 1 aromatic heterocycles. The first-order valence-electron chi connectivity index (χ1n) is 8.24. The summed E-state index contributed by atoms with van der Waals surface area (Å²) < 4.78 is 2.19. The Bertz CT molecular complexity index is 682. The maximum atomic E-state index is 11.8. The largest absolute Gasteiger partial charge is 0.478 e. The van der Waals surface area contributed by atoms with E-state index in [1.54, 1.807) is 0 Å². The zero-order valence-electron chi connectivity index (χ0n) is 13.4. The summed E-state index contributed by atoms with van der Waals surface area (Å²) in [7, 11) is 0. The molecule has 4 nitrogen and oxygen atoms in total. The van der Waals surface area contributed by atoms with E-state index in [1.807, 2.05) is 24.3 Å². The highest BCUT2D eigenvalue weighted by Gasteiger charge is 2.26. The molecule has 0 amide bonds. The van der Waals surface area contributed by atoms with Gasteiger partial charge >= 0.3 is 5.97 Å². The molecular weight excluding hydrogens is 276 g/mol. The number of aromatic carboxylic acids is 1. The number of hydrogen-bond acceptors (Lipinski definition) is 2. The van der Waals surface area contributed by atoms with Gasteiger partial charge in [-0.1, -0.05) is 38.5 Å². The molecule has 1 N–H and O–H groups in total. The predicted octanol–water partition coefficient (Wildman–Crippen LogP) is 3.66. The summed E-state index contributed by atoms with van der Waals surface area (Å²) in [5, 5.41) is 12.9. The first kappa shape index (κ1) is 14.9. The number of hydrogen-bond donors (Lipinski definition) is 1. The van der Waals surface area contributed by atoms with Crippen molar-refractivity contribution in [3.8, 4) is 0 Å². The highest BCUT2D eigenvalue weighted by molar-refractivity contribution is 6.05. The number of benzene rings is 1. The van der Waals surface area contributed by atoms with Gasteiger partial charge in [-0.05, 0) is 31.2 Å². The lowest BCUT2D eigenvalue weighted by Crippen LogP contribution is -2.42. The van der Waals surface area contributed by atoms with Crippen molar-refractivity contribution in [1.29, 1.82) is 0 Å². The summed E-state index contributed by atoms with van der Waals surface area (Å²) in [4.78, 5) is 11.8. The van der Waals surface area contributed by atoms with Crippen LogP contribution in [-0.4, -0.2) is 28.8 Å². The summed E-state index contributed by atoms with van der Waals surface area (Å²) in [6, 6.07) is 7.89. The zero-order chi connectivity index (χ0) is 15.7. The van der Waals surface area contributed by atoms with E-state index in [-0.39, 0.29) is 0 Å². The van der Waals surface area contributed by atoms with Gasteiger partial charge in [0.05, 0.1) is 16.8 Å². The van der Waals surface area contributed by atoms with Gasteiger partial charge in [0.25, 0.3) is 0 Å². The van der Waals surface area contributed by atoms with Crippen LogP contribution >= 0.6 is 0 Å². The smallest absolute Gasteiger partial charge is 0.338 e. The van der Waals surface area contributed by atoms with Crippen LogP contribution in [0.2, 0.25) is 0 Å². The Morgan fingerprint density at radius 3 is 2.59 bits per heavy atom. The third-order valence-corrected chi connectivity index (χ3v) is 4.69. The van der Waals surface area contributed by atoms with Crippen molar-refractivity contribution >= 4 is 16.9 Å². The number of rotatable bonds is 4. The molecule has 2 aromatic rings. The number of carbonyl (C=O) groups is 1. The van der Waals surface area contributed by atoms with Gasteiger partial charge in [0.15, 0.2) is 0 Å². The van der Waals surface area contributed by atoms with Crippen LogP contribution in [0.1, 0.15) is 49.2 Å². The van der Waals surface area contributed by atoms with Crippen LogP contribution in [0.5, 0.6) is 0 Å². The van der Waals surface area contributed by atoms with E-state index in [2.05, 4.69) is 23.5 Å². The second kappa shape index (κ2) is 6.03. The SMILES string of the molecule is CCCc1c(C(=O)O)c2ccccc2n1N1CCC(C)CC1. The molecule has 1 aliphatic rings. The van der Waals surface area contributed by atoms with Gasteiger partial charge < -0.3 is 10.1 Å². The molecule has 2 heterocycles. The van der Waals surface area contributed by atoms with Gasteiger partial charge in [0.2, 0.25) is 0 Å². The average Bonchev–Trinajstić information content (AvgIpc) is 2.83. The molecular formula is C18H24N2O2. The van der Waals surface area contributed by atoms with Crippen molar-refractivity contribution in [2.75, 3.05) is 18.1 Å². The van der Waals surface area contributed by atoms with Crippen LogP contribution in [0.4, 0.5) is 0 Å². The minimum Gasteiger partial charge on any atom is -0.478 e. The maximum absolute atomic E-state index is 11.8. The van der Waals surface area contributed by atoms with Gasteiger partial charge in [-0.15, -0.1) is 0 Å². The number of fused-ring (bicyclic) bond motifs is 1. The Balaban J connectivity index is 2.18. The van der Waals surface area contributed by atoms with Crippen molar-refractivity contribution < 1.29 is 9.90 Å². The van der Waals surface area contributed by atoms with E-state index >= 15 is 0 Å². The number of para-hydroxylation sites is 1. The van der Waals surface area contributed by atoms with E-state index in [1.165, 1.54) is 12.8 Å². The standard InChI is InChI=1S/C18H24N2O2/c1-3-6-16-17(18(21)22)14-7-4-5-8-15(14)20(16)19-11-9-13(2)10-12-19/h4-5,7-8,13H,3,6,9-12H2,1-2H3,(H,21,22). The molecule has 0 radical (unpaired) electrons. The summed E-state index contributed by atoms with van der Waals surface area (Å²) in [6.07, 6.45) is 4.07. The van der Waals surface area contributed by atoms with Crippen LogP contribution < -0.4 is 5.01 Å². The summed E-state index contributed by atoms with van der Waals surface area (Å²) in [6.45, 7) is 6.39. The molecule has 4 heteroatoms. The van der Waals surface area contributed by atoms with Crippen molar-refractivity contribution in [3.63, 3.8) is 0 Å². The van der Waals surface area contributed by atoms with Gasteiger partial charge in [0, 0.05) is 18.5 Å². The molecule has 0 atom stereocenters.